The molecule has 0 aliphatic heterocycles. The minimum absolute atomic E-state index is 0.166. The number of rotatable bonds is 7. The second kappa shape index (κ2) is 8.05. The molecule has 0 aliphatic rings. The Hall–Kier alpha value is -3.81. The predicted molar refractivity (Wildman–Crippen MR) is 110 cm³/mol. The van der Waals surface area contributed by atoms with E-state index in [2.05, 4.69) is 20.5 Å². The predicted octanol–water partition coefficient (Wildman–Crippen LogP) is 3.47. The van der Waals surface area contributed by atoms with Crippen molar-refractivity contribution >= 4 is 22.8 Å². The fraction of sp³-hybridized carbons (Fsp3) is 0.190. The summed E-state index contributed by atoms with van der Waals surface area (Å²) in [5.41, 5.74) is 1.80. The molecule has 8 heteroatoms. The van der Waals surface area contributed by atoms with E-state index in [0.717, 1.165) is 22.2 Å². The summed E-state index contributed by atoms with van der Waals surface area (Å²) in [5, 5.41) is 10.7. The van der Waals surface area contributed by atoms with Crippen molar-refractivity contribution in [1.82, 2.24) is 19.7 Å². The normalized spacial score (nSPS) is 10.8. The lowest BCUT2D eigenvalue weighted by molar-refractivity contribution is -0.116. The fourth-order valence-corrected chi connectivity index (χ4v) is 3.26. The zero-order valence-electron chi connectivity index (χ0n) is 16.2. The molecule has 2 aromatic carbocycles. The zero-order valence-corrected chi connectivity index (χ0v) is 16.2. The molecule has 0 bridgehead atoms. The summed E-state index contributed by atoms with van der Waals surface area (Å²) < 4.78 is 12.7. The fourth-order valence-electron chi connectivity index (χ4n) is 3.26. The van der Waals surface area contributed by atoms with Crippen LogP contribution in [0.5, 0.6) is 11.5 Å². The summed E-state index contributed by atoms with van der Waals surface area (Å²) in [6.07, 6.45) is 2.24. The minimum Gasteiger partial charge on any atom is -0.496 e. The molecule has 0 fully saturated rings. The van der Waals surface area contributed by atoms with Crippen LogP contribution in [-0.2, 0) is 11.3 Å². The number of benzene rings is 2. The van der Waals surface area contributed by atoms with Gasteiger partial charge in [-0.15, -0.1) is 5.10 Å². The van der Waals surface area contributed by atoms with Crippen LogP contribution in [0.3, 0.4) is 0 Å². The SMILES string of the molecule is COc1ccccc1-c1nc(NC(=O)CCn2ccc3c(OC)cccc32)n[nH]1. The van der Waals surface area contributed by atoms with Gasteiger partial charge in [0.25, 0.3) is 0 Å². The van der Waals surface area contributed by atoms with Crippen LogP contribution in [0.4, 0.5) is 5.95 Å². The highest BCUT2D eigenvalue weighted by atomic mass is 16.5. The van der Waals surface area contributed by atoms with E-state index in [0.29, 0.717) is 24.5 Å². The molecule has 0 radical (unpaired) electrons. The van der Waals surface area contributed by atoms with Crippen LogP contribution < -0.4 is 14.8 Å². The van der Waals surface area contributed by atoms with Crippen molar-refractivity contribution in [3.05, 3.63) is 54.7 Å². The number of aromatic amines is 1. The van der Waals surface area contributed by atoms with Crippen LogP contribution in [0, 0.1) is 0 Å². The molecular weight excluding hydrogens is 370 g/mol. The number of aromatic nitrogens is 4. The van der Waals surface area contributed by atoms with Crippen molar-refractivity contribution in [3.8, 4) is 22.9 Å². The number of fused-ring (bicyclic) bond motifs is 1. The molecule has 8 nitrogen and oxygen atoms in total. The van der Waals surface area contributed by atoms with Gasteiger partial charge in [0, 0.05) is 24.5 Å². The van der Waals surface area contributed by atoms with Crippen LogP contribution in [0.25, 0.3) is 22.3 Å². The molecule has 0 saturated heterocycles. The summed E-state index contributed by atoms with van der Waals surface area (Å²) in [4.78, 5) is 16.7. The first kappa shape index (κ1) is 18.5. The molecule has 2 heterocycles. The molecule has 0 aliphatic carbocycles. The lowest BCUT2D eigenvalue weighted by Crippen LogP contribution is -2.15. The van der Waals surface area contributed by atoms with Gasteiger partial charge in [0.05, 0.1) is 25.3 Å². The van der Waals surface area contributed by atoms with Crippen molar-refractivity contribution in [2.75, 3.05) is 19.5 Å². The van der Waals surface area contributed by atoms with Gasteiger partial charge in [-0.05, 0) is 30.3 Å². The van der Waals surface area contributed by atoms with E-state index in [1.807, 2.05) is 59.3 Å². The summed E-state index contributed by atoms with van der Waals surface area (Å²) in [7, 11) is 3.24. The van der Waals surface area contributed by atoms with Crippen molar-refractivity contribution < 1.29 is 14.3 Å². The van der Waals surface area contributed by atoms with Crippen molar-refractivity contribution in [2.24, 2.45) is 0 Å². The molecule has 0 spiro atoms. The largest absolute Gasteiger partial charge is 0.496 e. The summed E-state index contributed by atoms with van der Waals surface area (Å²) >= 11 is 0. The summed E-state index contributed by atoms with van der Waals surface area (Å²) in [6.45, 7) is 0.534. The first-order valence-electron chi connectivity index (χ1n) is 9.17. The lowest BCUT2D eigenvalue weighted by Gasteiger charge is -2.06. The number of aryl methyl sites for hydroxylation is 1. The van der Waals surface area contributed by atoms with Crippen molar-refractivity contribution in [1.29, 1.82) is 0 Å². The van der Waals surface area contributed by atoms with Gasteiger partial charge in [0.2, 0.25) is 11.9 Å². The number of nitrogens with one attached hydrogen (secondary N) is 2. The topological polar surface area (TPSA) is 94.1 Å². The number of carbonyl (C=O) groups excluding carboxylic acids is 1. The van der Waals surface area contributed by atoms with E-state index in [1.54, 1.807) is 14.2 Å². The first-order chi connectivity index (χ1) is 14.2. The highest BCUT2D eigenvalue weighted by Gasteiger charge is 2.13. The molecule has 0 unspecified atom stereocenters. The van der Waals surface area contributed by atoms with Gasteiger partial charge >= 0.3 is 0 Å². The molecule has 2 N–H and O–H groups in total. The average Bonchev–Trinajstić information content (AvgIpc) is 3.39. The molecule has 29 heavy (non-hydrogen) atoms. The first-order valence-corrected chi connectivity index (χ1v) is 9.17. The second-order valence-electron chi connectivity index (χ2n) is 6.41. The summed E-state index contributed by atoms with van der Waals surface area (Å²) in [5.74, 6) is 2.09. The van der Waals surface area contributed by atoms with Crippen LogP contribution in [-0.4, -0.2) is 39.9 Å². The third-order valence-electron chi connectivity index (χ3n) is 4.67. The highest BCUT2D eigenvalue weighted by molar-refractivity contribution is 5.90. The Morgan fingerprint density at radius 1 is 1.07 bits per heavy atom. The van der Waals surface area contributed by atoms with Gasteiger partial charge < -0.3 is 14.0 Å². The number of hydrogen-bond acceptors (Lipinski definition) is 5. The number of anilines is 1. The van der Waals surface area contributed by atoms with E-state index in [4.69, 9.17) is 9.47 Å². The van der Waals surface area contributed by atoms with E-state index in [1.165, 1.54) is 0 Å². The Morgan fingerprint density at radius 2 is 1.86 bits per heavy atom. The summed E-state index contributed by atoms with van der Waals surface area (Å²) in [6, 6.07) is 15.3. The minimum atomic E-state index is -0.166. The Bertz CT molecular complexity index is 1150. The Balaban J connectivity index is 1.42. The van der Waals surface area contributed by atoms with Gasteiger partial charge in [0.15, 0.2) is 5.82 Å². The molecule has 1 amide bonds. The number of H-pyrrole nitrogens is 1. The Kier molecular flexibility index (Phi) is 5.15. The maximum atomic E-state index is 12.4. The van der Waals surface area contributed by atoms with Crippen LogP contribution >= 0.6 is 0 Å². The smallest absolute Gasteiger partial charge is 0.249 e. The van der Waals surface area contributed by atoms with Crippen molar-refractivity contribution in [2.45, 2.75) is 13.0 Å². The molecule has 148 valence electrons. The van der Waals surface area contributed by atoms with E-state index in [-0.39, 0.29) is 11.9 Å². The Morgan fingerprint density at radius 3 is 2.69 bits per heavy atom. The van der Waals surface area contributed by atoms with Crippen LogP contribution in [0.1, 0.15) is 6.42 Å². The lowest BCUT2D eigenvalue weighted by atomic mass is 10.2. The third kappa shape index (κ3) is 3.77. The number of methoxy groups -OCH3 is 2. The maximum Gasteiger partial charge on any atom is 0.249 e. The van der Waals surface area contributed by atoms with Crippen LogP contribution in [0.15, 0.2) is 54.7 Å². The number of nitrogens with zero attached hydrogens (tertiary/aromatic N) is 3. The van der Waals surface area contributed by atoms with Gasteiger partial charge in [0.1, 0.15) is 11.5 Å². The Labute approximate surface area is 167 Å². The van der Waals surface area contributed by atoms with Gasteiger partial charge in [-0.1, -0.05) is 18.2 Å². The molecule has 2 aromatic heterocycles. The zero-order chi connectivity index (χ0) is 20.2. The maximum absolute atomic E-state index is 12.4. The average molecular weight is 391 g/mol. The number of amides is 1. The van der Waals surface area contributed by atoms with E-state index < -0.39 is 0 Å². The second-order valence-corrected chi connectivity index (χ2v) is 6.41. The molecule has 0 atom stereocenters. The van der Waals surface area contributed by atoms with Gasteiger partial charge in [-0.3, -0.25) is 15.2 Å². The molecule has 0 saturated carbocycles. The molecule has 4 rings (SSSR count). The number of ether oxygens (including phenoxy) is 2. The number of carbonyl (C=O) groups is 1. The van der Waals surface area contributed by atoms with E-state index >= 15 is 0 Å². The number of hydrogen-bond donors (Lipinski definition) is 2. The highest BCUT2D eigenvalue weighted by Crippen LogP contribution is 2.28. The van der Waals surface area contributed by atoms with Crippen molar-refractivity contribution in [3.63, 3.8) is 0 Å². The third-order valence-corrected chi connectivity index (χ3v) is 4.67. The molecule has 4 aromatic rings. The van der Waals surface area contributed by atoms with Gasteiger partial charge in [-0.25, -0.2) is 0 Å². The standard InChI is InChI=1S/C21H21N5O3/c1-28-17-9-5-7-16-14(17)10-12-26(16)13-11-19(27)22-21-23-20(24-25-21)15-6-3-4-8-18(15)29-2/h3-10,12H,11,13H2,1-2H3,(H2,22,23,24,25,27). The molecular formula is C21H21N5O3. The van der Waals surface area contributed by atoms with E-state index in [9.17, 15) is 4.79 Å². The monoisotopic (exact) mass is 391 g/mol. The van der Waals surface area contributed by atoms with Gasteiger partial charge in [-0.2, -0.15) is 4.98 Å². The number of para-hydroxylation sites is 1. The van der Waals surface area contributed by atoms with Crippen LogP contribution in [0.2, 0.25) is 0 Å². The quantitative estimate of drug-likeness (QED) is 0.503.